The maximum Gasteiger partial charge on any atom is 0.0709 e. The Morgan fingerprint density at radius 2 is 2.33 bits per heavy atom. The molecule has 2 aliphatic rings. The van der Waals surface area contributed by atoms with Crippen molar-refractivity contribution in [3.63, 3.8) is 0 Å². The second kappa shape index (κ2) is 2.19. The van der Waals surface area contributed by atoms with Crippen molar-refractivity contribution in [1.29, 1.82) is 0 Å². The van der Waals surface area contributed by atoms with Crippen LogP contribution in [0.5, 0.6) is 0 Å². The SMILES string of the molecule is PN1CC2COC(C2)C1. The molecule has 0 N–H and O–H groups in total. The molecule has 0 aromatic rings. The Bertz CT molecular complexity index is 108. The van der Waals surface area contributed by atoms with Gasteiger partial charge in [-0.1, -0.05) is 9.39 Å². The van der Waals surface area contributed by atoms with Crippen molar-refractivity contribution in [2.24, 2.45) is 5.92 Å². The molecule has 3 heteroatoms. The first-order valence-corrected chi connectivity index (χ1v) is 3.97. The molecular formula is C6H12NOP. The fraction of sp³-hybridized carbons (Fsp3) is 1.00. The van der Waals surface area contributed by atoms with E-state index in [4.69, 9.17) is 4.74 Å². The van der Waals surface area contributed by atoms with Crippen LogP contribution in [0, 0.1) is 5.92 Å². The van der Waals surface area contributed by atoms with Gasteiger partial charge in [-0.3, -0.25) is 4.67 Å². The second-order valence-electron chi connectivity index (χ2n) is 3.01. The minimum absolute atomic E-state index is 0.543. The van der Waals surface area contributed by atoms with E-state index < -0.39 is 0 Å². The maximum absolute atomic E-state index is 5.49. The summed E-state index contributed by atoms with van der Waals surface area (Å²) in [5, 5.41) is 0. The van der Waals surface area contributed by atoms with Crippen LogP contribution in [0.1, 0.15) is 6.42 Å². The predicted molar refractivity (Wildman–Crippen MR) is 39.1 cm³/mol. The smallest absolute Gasteiger partial charge is 0.0709 e. The lowest BCUT2D eigenvalue weighted by atomic mass is 10.0. The number of piperidine rings is 1. The fourth-order valence-electron chi connectivity index (χ4n) is 1.70. The van der Waals surface area contributed by atoms with Gasteiger partial charge in [-0.2, -0.15) is 0 Å². The van der Waals surface area contributed by atoms with Crippen LogP contribution in [0.25, 0.3) is 0 Å². The van der Waals surface area contributed by atoms with E-state index in [1.54, 1.807) is 0 Å². The van der Waals surface area contributed by atoms with Gasteiger partial charge in [0.15, 0.2) is 0 Å². The maximum atomic E-state index is 5.49. The minimum atomic E-state index is 0.543. The van der Waals surface area contributed by atoms with Crippen molar-refractivity contribution in [3.05, 3.63) is 0 Å². The molecule has 2 fully saturated rings. The van der Waals surface area contributed by atoms with Crippen LogP contribution in [0.15, 0.2) is 0 Å². The van der Waals surface area contributed by atoms with E-state index in [0.717, 1.165) is 19.1 Å². The van der Waals surface area contributed by atoms with E-state index in [2.05, 4.69) is 14.1 Å². The van der Waals surface area contributed by atoms with E-state index >= 15 is 0 Å². The molecule has 0 aromatic carbocycles. The summed E-state index contributed by atoms with van der Waals surface area (Å²) in [5.74, 6) is 0.821. The standard InChI is InChI=1S/C6H12NOP/c9-7-2-5-1-6(3-7)8-4-5/h5-6H,1-4,9H2. The number of nitrogens with zero attached hydrogens (tertiary/aromatic N) is 1. The summed E-state index contributed by atoms with van der Waals surface area (Å²) in [4.78, 5) is 0. The summed E-state index contributed by atoms with van der Waals surface area (Å²) >= 11 is 0. The normalized spacial score (nSPS) is 43.7. The Labute approximate surface area is 57.8 Å². The van der Waals surface area contributed by atoms with Gasteiger partial charge in [-0.15, -0.1) is 0 Å². The second-order valence-corrected chi connectivity index (χ2v) is 3.74. The lowest BCUT2D eigenvalue weighted by molar-refractivity contribution is 0.105. The molecule has 2 rings (SSSR count). The molecule has 0 amide bonds. The summed E-state index contributed by atoms with van der Waals surface area (Å²) < 4.78 is 7.78. The van der Waals surface area contributed by atoms with Crippen molar-refractivity contribution in [1.82, 2.24) is 4.67 Å². The van der Waals surface area contributed by atoms with Gasteiger partial charge in [-0.25, -0.2) is 0 Å². The lowest BCUT2D eigenvalue weighted by Gasteiger charge is -2.25. The number of hydrogen-bond acceptors (Lipinski definition) is 2. The highest BCUT2D eigenvalue weighted by Gasteiger charge is 2.31. The van der Waals surface area contributed by atoms with Gasteiger partial charge in [0.25, 0.3) is 0 Å². The Morgan fingerprint density at radius 1 is 1.44 bits per heavy atom. The van der Waals surface area contributed by atoms with E-state index in [1.165, 1.54) is 13.0 Å². The summed E-state index contributed by atoms with van der Waals surface area (Å²) in [6.07, 6.45) is 1.84. The average Bonchev–Trinajstić information content (AvgIpc) is 2.11. The minimum Gasteiger partial charge on any atom is -0.377 e. The average molecular weight is 145 g/mol. The van der Waals surface area contributed by atoms with Gasteiger partial charge < -0.3 is 4.74 Å². The largest absolute Gasteiger partial charge is 0.377 e. The van der Waals surface area contributed by atoms with Gasteiger partial charge in [0.1, 0.15) is 0 Å². The first-order valence-electron chi connectivity index (χ1n) is 3.46. The zero-order valence-electron chi connectivity index (χ0n) is 5.42. The molecule has 0 aromatic heterocycles. The number of rotatable bonds is 0. The molecule has 0 aliphatic carbocycles. The van der Waals surface area contributed by atoms with Crippen LogP contribution < -0.4 is 0 Å². The predicted octanol–water partition coefficient (Wildman–Crippen LogP) is 0.497. The molecule has 0 radical (unpaired) electrons. The van der Waals surface area contributed by atoms with Crippen LogP contribution in [-0.2, 0) is 4.74 Å². The molecule has 0 saturated carbocycles. The van der Waals surface area contributed by atoms with Gasteiger partial charge in [0.2, 0.25) is 0 Å². The van der Waals surface area contributed by atoms with Gasteiger partial charge >= 0.3 is 0 Å². The Kier molecular flexibility index (Phi) is 1.48. The number of fused-ring (bicyclic) bond motifs is 2. The topological polar surface area (TPSA) is 12.5 Å². The van der Waals surface area contributed by atoms with Crippen molar-refractivity contribution in [2.75, 3.05) is 19.7 Å². The molecule has 3 atom stereocenters. The Hall–Kier alpha value is 0.350. The van der Waals surface area contributed by atoms with Crippen molar-refractivity contribution in [2.45, 2.75) is 12.5 Å². The molecule has 2 bridgehead atoms. The van der Waals surface area contributed by atoms with Crippen LogP contribution in [-0.4, -0.2) is 30.5 Å². The fourth-order valence-corrected chi connectivity index (χ4v) is 2.24. The summed E-state index contributed by atoms with van der Waals surface area (Å²) in [6, 6.07) is 0. The Morgan fingerprint density at radius 3 is 3.11 bits per heavy atom. The van der Waals surface area contributed by atoms with Crippen LogP contribution in [0.2, 0.25) is 0 Å². The van der Waals surface area contributed by atoms with Crippen LogP contribution in [0.4, 0.5) is 0 Å². The highest BCUT2D eigenvalue weighted by molar-refractivity contribution is 7.13. The lowest BCUT2D eigenvalue weighted by Crippen LogP contribution is -2.32. The number of ether oxygens (including phenoxy) is 1. The molecular weight excluding hydrogens is 133 g/mol. The first kappa shape index (κ1) is 6.09. The zero-order chi connectivity index (χ0) is 6.27. The molecule has 0 spiro atoms. The molecule has 2 heterocycles. The molecule has 9 heavy (non-hydrogen) atoms. The summed E-state index contributed by atoms with van der Waals surface area (Å²) in [6.45, 7) is 3.32. The third-order valence-electron chi connectivity index (χ3n) is 2.09. The van der Waals surface area contributed by atoms with E-state index in [1.807, 2.05) is 0 Å². The Balaban J connectivity index is 2.03. The van der Waals surface area contributed by atoms with Crippen LogP contribution >= 0.6 is 9.39 Å². The summed E-state index contributed by atoms with van der Waals surface area (Å²) in [7, 11) is 2.75. The molecule has 3 unspecified atom stereocenters. The molecule has 2 nitrogen and oxygen atoms in total. The molecule has 2 aliphatic heterocycles. The molecule has 52 valence electrons. The highest BCUT2D eigenvalue weighted by Crippen LogP contribution is 2.27. The van der Waals surface area contributed by atoms with E-state index in [0.29, 0.717) is 6.10 Å². The first-order chi connectivity index (χ1) is 4.34. The zero-order valence-corrected chi connectivity index (χ0v) is 6.57. The number of hydrogen-bond donors (Lipinski definition) is 0. The van der Waals surface area contributed by atoms with E-state index in [-0.39, 0.29) is 0 Å². The van der Waals surface area contributed by atoms with Crippen molar-refractivity contribution < 1.29 is 4.74 Å². The third kappa shape index (κ3) is 1.12. The van der Waals surface area contributed by atoms with Gasteiger partial charge in [0.05, 0.1) is 12.7 Å². The van der Waals surface area contributed by atoms with Gasteiger partial charge in [0, 0.05) is 13.1 Å². The van der Waals surface area contributed by atoms with E-state index in [9.17, 15) is 0 Å². The van der Waals surface area contributed by atoms with Gasteiger partial charge in [-0.05, 0) is 12.3 Å². The molecule has 2 saturated heterocycles. The highest BCUT2D eigenvalue weighted by atomic mass is 31.0. The van der Waals surface area contributed by atoms with Crippen molar-refractivity contribution in [3.8, 4) is 0 Å². The monoisotopic (exact) mass is 145 g/mol. The third-order valence-corrected chi connectivity index (χ3v) is 2.52. The quantitative estimate of drug-likeness (QED) is 0.460. The van der Waals surface area contributed by atoms with Crippen LogP contribution in [0.3, 0.4) is 0 Å². The van der Waals surface area contributed by atoms with Crippen molar-refractivity contribution >= 4 is 9.39 Å². The summed E-state index contributed by atoms with van der Waals surface area (Å²) in [5.41, 5.74) is 0.